The van der Waals surface area contributed by atoms with Crippen LogP contribution < -0.4 is 9.47 Å². The van der Waals surface area contributed by atoms with Crippen molar-refractivity contribution in [2.75, 3.05) is 20.2 Å². The topological polar surface area (TPSA) is 51.7 Å². The van der Waals surface area contributed by atoms with Gasteiger partial charge in [-0.3, -0.25) is 4.79 Å². The summed E-state index contributed by atoms with van der Waals surface area (Å²) in [5, 5.41) is 0.353. The summed E-state index contributed by atoms with van der Waals surface area (Å²) in [4.78, 5) is 18.6. The van der Waals surface area contributed by atoms with Crippen LogP contribution in [0.2, 0.25) is 5.15 Å². The molecule has 2 heterocycles. The van der Waals surface area contributed by atoms with Gasteiger partial charge in [-0.1, -0.05) is 17.7 Å². The van der Waals surface area contributed by atoms with Crippen LogP contribution in [0.3, 0.4) is 0 Å². The number of halogens is 1. The van der Waals surface area contributed by atoms with Crippen LogP contribution in [-0.2, 0) is 6.42 Å². The highest BCUT2D eigenvalue weighted by Gasteiger charge is 2.25. The number of hydrogen-bond donors (Lipinski definition) is 0. The molecule has 0 bridgehead atoms. The Hall–Kier alpha value is -2.27. The van der Waals surface area contributed by atoms with Gasteiger partial charge in [-0.15, -0.1) is 0 Å². The number of aromatic nitrogens is 1. The van der Waals surface area contributed by atoms with E-state index in [0.717, 1.165) is 56.7 Å². The van der Waals surface area contributed by atoms with Crippen LogP contribution in [0.1, 0.15) is 54.4 Å². The number of methoxy groups -OCH3 is 1. The minimum absolute atomic E-state index is 0.0365. The Balaban J connectivity index is 1.35. The fraction of sp³-hybridized carbons (Fsp3) is 0.500. The Morgan fingerprint density at radius 2 is 1.87 bits per heavy atom. The highest BCUT2D eigenvalue weighted by atomic mass is 35.5. The lowest BCUT2D eigenvalue weighted by molar-refractivity contribution is 0.0690. The summed E-state index contributed by atoms with van der Waals surface area (Å²) >= 11 is 5.93. The Morgan fingerprint density at radius 3 is 2.57 bits per heavy atom. The zero-order valence-corrected chi connectivity index (χ0v) is 18.2. The van der Waals surface area contributed by atoms with Crippen molar-refractivity contribution in [3.05, 3.63) is 52.8 Å². The van der Waals surface area contributed by atoms with Gasteiger partial charge in [0, 0.05) is 24.8 Å². The molecule has 1 aliphatic carbocycles. The van der Waals surface area contributed by atoms with Crippen molar-refractivity contribution in [1.82, 2.24) is 9.88 Å². The van der Waals surface area contributed by atoms with E-state index < -0.39 is 0 Å². The van der Waals surface area contributed by atoms with E-state index in [9.17, 15) is 4.79 Å². The molecule has 160 valence electrons. The second-order valence-corrected chi connectivity index (χ2v) is 8.70. The standard InChI is InChI=1S/C24H29ClN2O3/c1-29-21-7-6-18(15-22(21)30-20-4-2-3-5-20)14-17-9-12-27(13-10-17)24(28)19-8-11-26-23(25)16-19/h6-8,11,15-17,20H,2-5,9-10,12-14H2,1H3. The Bertz CT molecular complexity index is 875. The van der Waals surface area contributed by atoms with Gasteiger partial charge in [0.15, 0.2) is 11.5 Å². The zero-order valence-electron chi connectivity index (χ0n) is 17.5. The monoisotopic (exact) mass is 428 g/mol. The molecule has 0 spiro atoms. The number of nitrogens with zero attached hydrogens (tertiary/aromatic N) is 2. The molecule has 5 nitrogen and oxygen atoms in total. The first-order valence-corrected chi connectivity index (χ1v) is 11.2. The molecule has 1 aromatic heterocycles. The highest BCUT2D eigenvalue weighted by Crippen LogP contribution is 2.34. The van der Waals surface area contributed by atoms with Crippen molar-refractivity contribution in [3.8, 4) is 11.5 Å². The number of piperidine rings is 1. The average Bonchev–Trinajstić information content (AvgIpc) is 3.27. The summed E-state index contributed by atoms with van der Waals surface area (Å²) in [6.45, 7) is 1.54. The minimum Gasteiger partial charge on any atom is -0.493 e. The summed E-state index contributed by atoms with van der Waals surface area (Å²) in [7, 11) is 1.69. The van der Waals surface area contributed by atoms with Crippen LogP contribution in [0.25, 0.3) is 0 Å². The number of benzene rings is 1. The van der Waals surface area contributed by atoms with Crippen LogP contribution in [0.15, 0.2) is 36.5 Å². The molecule has 0 unspecified atom stereocenters. The molecule has 0 N–H and O–H groups in total. The third-order valence-electron chi connectivity index (χ3n) is 6.22. The zero-order chi connectivity index (χ0) is 20.9. The molecular formula is C24H29ClN2O3. The summed E-state index contributed by atoms with van der Waals surface area (Å²) in [5.74, 6) is 2.27. The van der Waals surface area contributed by atoms with Gasteiger partial charge in [0.05, 0.1) is 13.2 Å². The van der Waals surface area contributed by atoms with Crippen molar-refractivity contribution in [2.24, 2.45) is 5.92 Å². The number of ether oxygens (including phenoxy) is 2. The van der Waals surface area contributed by atoms with Gasteiger partial charge in [0.1, 0.15) is 5.15 Å². The number of carbonyl (C=O) groups excluding carboxylic acids is 1. The fourth-order valence-electron chi connectivity index (χ4n) is 4.52. The first-order valence-electron chi connectivity index (χ1n) is 10.9. The first kappa shape index (κ1) is 21.0. The molecular weight excluding hydrogens is 400 g/mol. The number of rotatable bonds is 6. The molecule has 0 atom stereocenters. The SMILES string of the molecule is COc1ccc(CC2CCN(C(=O)c3ccnc(Cl)c3)CC2)cc1OC1CCCC1. The normalized spacial score (nSPS) is 17.9. The second kappa shape index (κ2) is 9.69. The molecule has 2 aromatic rings. The van der Waals surface area contributed by atoms with E-state index in [-0.39, 0.29) is 5.91 Å². The van der Waals surface area contributed by atoms with Gasteiger partial charge >= 0.3 is 0 Å². The van der Waals surface area contributed by atoms with Crippen molar-refractivity contribution in [2.45, 2.75) is 51.0 Å². The van der Waals surface area contributed by atoms with E-state index in [2.05, 4.69) is 17.1 Å². The predicted molar refractivity (Wildman–Crippen MR) is 117 cm³/mol. The van der Waals surface area contributed by atoms with Crippen LogP contribution in [0, 0.1) is 5.92 Å². The van der Waals surface area contributed by atoms with Crippen molar-refractivity contribution < 1.29 is 14.3 Å². The largest absolute Gasteiger partial charge is 0.493 e. The van der Waals surface area contributed by atoms with Crippen molar-refractivity contribution >= 4 is 17.5 Å². The molecule has 1 amide bonds. The number of carbonyl (C=O) groups is 1. The van der Waals surface area contributed by atoms with E-state index in [1.165, 1.54) is 18.4 Å². The fourth-order valence-corrected chi connectivity index (χ4v) is 4.69. The highest BCUT2D eigenvalue weighted by molar-refractivity contribution is 6.29. The molecule has 2 aliphatic rings. The van der Waals surface area contributed by atoms with Gasteiger partial charge in [0.25, 0.3) is 5.91 Å². The van der Waals surface area contributed by atoms with E-state index in [4.69, 9.17) is 21.1 Å². The smallest absolute Gasteiger partial charge is 0.254 e. The van der Waals surface area contributed by atoms with Gasteiger partial charge in [-0.05, 0) is 80.7 Å². The van der Waals surface area contributed by atoms with E-state index in [1.54, 1.807) is 25.4 Å². The lowest BCUT2D eigenvalue weighted by atomic mass is 9.90. The molecule has 1 saturated heterocycles. The number of hydrogen-bond acceptors (Lipinski definition) is 4. The van der Waals surface area contributed by atoms with Gasteiger partial charge in [-0.25, -0.2) is 4.98 Å². The maximum absolute atomic E-state index is 12.7. The molecule has 2 fully saturated rings. The Morgan fingerprint density at radius 1 is 1.10 bits per heavy atom. The van der Waals surface area contributed by atoms with Crippen molar-refractivity contribution in [1.29, 1.82) is 0 Å². The van der Waals surface area contributed by atoms with Gasteiger partial charge in [-0.2, -0.15) is 0 Å². The maximum Gasteiger partial charge on any atom is 0.254 e. The quantitative estimate of drug-likeness (QED) is 0.596. The lowest BCUT2D eigenvalue weighted by Crippen LogP contribution is -2.38. The number of pyridine rings is 1. The minimum atomic E-state index is 0.0365. The summed E-state index contributed by atoms with van der Waals surface area (Å²) in [6, 6.07) is 9.67. The average molecular weight is 429 g/mol. The number of likely N-dealkylation sites (tertiary alicyclic amines) is 1. The number of amides is 1. The predicted octanol–water partition coefficient (Wildman–Crippen LogP) is 5.16. The van der Waals surface area contributed by atoms with Crippen LogP contribution in [-0.4, -0.2) is 42.1 Å². The third-order valence-corrected chi connectivity index (χ3v) is 6.43. The summed E-state index contributed by atoms with van der Waals surface area (Å²) < 4.78 is 11.7. The third kappa shape index (κ3) is 5.07. The van der Waals surface area contributed by atoms with E-state index in [0.29, 0.717) is 22.7 Å². The summed E-state index contributed by atoms with van der Waals surface area (Å²) in [6.07, 6.45) is 9.62. The molecule has 6 heteroatoms. The molecule has 0 radical (unpaired) electrons. The molecule has 4 rings (SSSR count). The van der Waals surface area contributed by atoms with Crippen molar-refractivity contribution in [3.63, 3.8) is 0 Å². The first-order chi connectivity index (χ1) is 14.6. The molecule has 1 saturated carbocycles. The summed E-state index contributed by atoms with van der Waals surface area (Å²) in [5.41, 5.74) is 1.88. The Kier molecular flexibility index (Phi) is 6.78. The van der Waals surface area contributed by atoms with E-state index in [1.807, 2.05) is 11.0 Å². The second-order valence-electron chi connectivity index (χ2n) is 8.32. The Labute approximate surface area is 183 Å². The van der Waals surface area contributed by atoms with Gasteiger partial charge in [0.2, 0.25) is 0 Å². The maximum atomic E-state index is 12.7. The lowest BCUT2D eigenvalue weighted by Gasteiger charge is -2.32. The van der Waals surface area contributed by atoms with Crippen LogP contribution >= 0.6 is 11.6 Å². The van der Waals surface area contributed by atoms with E-state index >= 15 is 0 Å². The van der Waals surface area contributed by atoms with Crippen LogP contribution in [0.4, 0.5) is 0 Å². The van der Waals surface area contributed by atoms with Crippen LogP contribution in [0.5, 0.6) is 11.5 Å². The van der Waals surface area contributed by atoms with Gasteiger partial charge < -0.3 is 14.4 Å². The molecule has 1 aromatic carbocycles. The molecule has 30 heavy (non-hydrogen) atoms. The molecule has 1 aliphatic heterocycles.